The third-order valence-electron chi connectivity index (χ3n) is 3.33. The van der Waals surface area contributed by atoms with E-state index in [0.717, 1.165) is 5.56 Å². The zero-order valence-electron chi connectivity index (χ0n) is 9.14. The molecule has 0 saturated heterocycles. The average Bonchev–Trinajstić information content (AvgIpc) is 2.16. The highest BCUT2D eigenvalue weighted by molar-refractivity contribution is 5.19. The lowest BCUT2D eigenvalue weighted by molar-refractivity contribution is 0.454. The first kappa shape index (κ1) is 10.7. The topological polar surface area (TPSA) is 0 Å². The van der Waals surface area contributed by atoms with Crippen molar-refractivity contribution in [1.29, 1.82) is 0 Å². The predicted molar refractivity (Wildman–Crippen MR) is 60.3 cm³/mol. The Hall–Kier alpha value is -0.850. The average molecular weight is 205 g/mol. The van der Waals surface area contributed by atoms with Crippen LogP contribution in [-0.2, 0) is 0 Å². The molecule has 1 heteroatoms. The molecule has 1 fully saturated rings. The molecule has 81 valence electrons. The van der Waals surface area contributed by atoms with E-state index in [1.165, 1.54) is 51.0 Å². The zero-order valence-corrected chi connectivity index (χ0v) is 9.14. The Morgan fingerprint density at radius 1 is 1.07 bits per heavy atom. The summed E-state index contributed by atoms with van der Waals surface area (Å²) >= 11 is 0. The van der Waals surface area contributed by atoms with E-state index in [1.54, 1.807) is 12.1 Å². The number of hydrogen-bond acceptors (Lipinski definition) is 0. The fraction of sp³-hybridized carbons (Fsp3) is 0.571. The van der Waals surface area contributed by atoms with Gasteiger partial charge in [-0.2, -0.15) is 0 Å². The molecule has 0 N–H and O–H groups in total. The fourth-order valence-corrected chi connectivity index (χ4v) is 2.46. The standard InChI is InChI=1S/C14H18F/c15-14-10-6-9-13(11-14)12-7-4-2-1-3-5-8-12/h6,10-12H,1-5,7-8H2. The van der Waals surface area contributed by atoms with Crippen LogP contribution in [0, 0.1) is 11.9 Å². The Kier molecular flexibility index (Phi) is 3.76. The van der Waals surface area contributed by atoms with E-state index in [1.807, 2.05) is 0 Å². The molecule has 0 heterocycles. The second-order valence-corrected chi connectivity index (χ2v) is 4.50. The summed E-state index contributed by atoms with van der Waals surface area (Å²) in [6.45, 7) is 0. The summed E-state index contributed by atoms with van der Waals surface area (Å²) < 4.78 is 13.1. The zero-order chi connectivity index (χ0) is 10.5. The molecule has 2 rings (SSSR count). The number of benzene rings is 1. The minimum absolute atomic E-state index is 0.120. The van der Waals surface area contributed by atoms with Gasteiger partial charge in [0.25, 0.3) is 0 Å². The van der Waals surface area contributed by atoms with E-state index < -0.39 is 0 Å². The largest absolute Gasteiger partial charge is 0.207 e. The highest BCUT2D eigenvalue weighted by Gasteiger charge is 2.13. The van der Waals surface area contributed by atoms with E-state index in [4.69, 9.17) is 0 Å². The van der Waals surface area contributed by atoms with Crippen LogP contribution in [0.4, 0.5) is 4.39 Å². The molecule has 1 radical (unpaired) electrons. The molecule has 1 aliphatic carbocycles. The van der Waals surface area contributed by atoms with Gasteiger partial charge in [0.15, 0.2) is 0 Å². The van der Waals surface area contributed by atoms with Gasteiger partial charge in [0.1, 0.15) is 5.82 Å². The van der Waals surface area contributed by atoms with Crippen molar-refractivity contribution in [3.8, 4) is 0 Å². The van der Waals surface area contributed by atoms with Crippen LogP contribution in [0.3, 0.4) is 0 Å². The lowest BCUT2D eigenvalue weighted by Gasteiger charge is -2.19. The van der Waals surface area contributed by atoms with Gasteiger partial charge in [-0.1, -0.05) is 38.2 Å². The smallest absolute Gasteiger partial charge is 0.123 e. The molecule has 1 aromatic rings. The highest BCUT2D eigenvalue weighted by Crippen LogP contribution is 2.30. The summed E-state index contributed by atoms with van der Waals surface area (Å²) in [6, 6.07) is 8.04. The van der Waals surface area contributed by atoms with Crippen molar-refractivity contribution in [3.63, 3.8) is 0 Å². The van der Waals surface area contributed by atoms with Crippen molar-refractivity contribution >= 4 is 0 Å². The van der Waals surface area contributed by atoms with Gasteiger partial charge in [0.05, 0.1) is 0 Å². The molecule has 0 nitrogen and oxygen atoms in total. The van der Waals surface area contributed by atoms with Crippen molar-refractivity contribution in [2.45, 2.75) is 50.9 Å². The summed E-state index contributed by atoms with van der Waals surface area (Å²) in [4.78, 5) is 0. The summed E-state index contributed by atoms with van der Waals surface area (Å²) in [5.74, 6) is 0.423. The Morgan fingerprint density at radius 3 is 2.40 bits per heavy atom. The normalized spacial score (nSPS) is 19.5. The van der Waals surface area contributed by atoms with Gasteiger partial charge < -0.3 is 0 Å². The maximum Gasteiger partial charge on any atom is 0.123 e. The quantitative estimate of drug-likeness (QED) is 0.635. The van der Waals surface area contributed by atoms with Crippen LogP contribution >= 0.6 is 0 Å². The van der Waals surface area contributed by atoms with Gasteiger partial charge in [0.2, 0.25) is 0 Å². The SMILES string of the molecule is Fc1cc[c]c(C2CCCCCCC2)c1. The lowest BCUT2D eigenvalue weighted by Crippen LogP contribution is -2.02. The number of rotatable bonds is 1. The Morgan fingerprint density at radius 2 is 1.73 bits per heavy atom. The minimum Gasteiger partial charge on any atom is -0.207 e. The third-order valence-corrected chi connectivity index (χ3v) is 3.33. The fourth-order valence-electron chi connectivity index (χ4n) is 2.46. The number of halogens is 1. The van der Waals surface area contributed by atoms with Crippen molar-refractivity contribution < 1.29 is 4.39 Å². The Labute approximate surface area is 91.5 Å². The van der Waals surface area contributed by atoms with Crippen LogP contribution in [-0.4, -0.2) is 0 Å². The van der Waals surface area contributed by atoms with Crippen molar-refractivity contribution in [2.75, 3.05) is 0 Å². The third kappa shape index (κ3) is 3.05. The Bertz CT molecular complexity index is 298. The molecule has 1 aromatic carbocycles. The van der Waals surface area contributed by atoms with Gasteiger partial charge in [-0.05, 0) is 42.5 Å². The maximum atomic E-state index is 13.1. The molecule has 15 heavy (non-hydrogen) atoms. The molecular formula is C14H18F. The first-order chi connectivity index (χ1) is 7.36. The monoisotopic (exact) mass is 205 g/mol. The molecule has 0 unspecified atom stereocenters. The van der Waals surface area contributed by atoms with E-state index in [2.05, 4.69) is 6.07 Å². The molecule has 1 saturated carbocycles. The van der Waals surface area contributed by atoms with Gasteiger partial charge in [-0.3, -0.25) is 0 Å². The molecule has 0 aromatic heterocycles. The summed E-state index contributed by atoms with van der Waals surface area (Å²) in [5.41, 5.74) is 1.08. The van der Waals surface area contributed by atoms with E-state index in [0.29, 0.717) is 5.92 Å². The summed E-state index contributed by atoms with van der Waals surface area (Å²) in [5, 5.41) is 0. The second kappa shape index (κ2) is 5.29. The van der Waals surface area contributed by atoms with Crippen LogP contribution in [0.5, 0.6) is 0 Å². The van der Waals surface area contributed by atoms with Crippen LogP contribution < -0.4 is 0 Å². The molecule has 1 aliphatic rings. The predicted octanol–water partition coefficient (Wildman–Crippen LogP) is 4.45. The van der Waals surface area contributed by atoms with E-state index >= 15 is 0 Å². The van der Waals surface area contributed by atoms with E-state index in [-0.39, 0.29) is 5.82 Å². The first-order valence-corrected chi connectivity index (χ1v) is 6.03. The van der Waals surface area contributed by atoms with Gasteiger partial charge in [-0.15, -0.1) is 0 Å². The summed E-state index contributed by atoms with van der Waals surface area (Å²) in [6.07, 6.45) is 9.04. The van der Waals surface area contributed by atoms with Crippen LogP contribution in [0.25, 0.3) is 0 Å². The van der Waals surface area contributed by atoms with Crippen LogP contribution in [0.1, 0.15) is 56.4 Å². The summed E-state index contributed by atoms with van der Waals surface area (Å²) in [7, 11) is 0. The molecule has 0 atom stereocenters. The molecule has 0 aliphatic heterocycles. The second-order valence-electron chi connectivity index (χ2n) is 4.50. The van der Waals surface area contributed by atoms with Gasteiger partial charge in [-0.25, -0.2) is 4.39 Å². The van der Waals surface area contributed by atoms with E-state index in [9.17, 15) is 4.39 Å². The molecule has 0 bridgehead atoms. The molecule has 0 spiro atoms. The van der Waals surface area contributed by atoms with Gasteiger partial charge >= 0.3 is 0 Å². The highest BCUT2D eigenvalue weighted by atomic mass is 19.1. The number of hydrogen-bond donors (Lipinski definition) is 0. The minimum atomic E-state index is -0.120. The van der Waals surface area contributed by atoms with Crippen molar-refractivity contribution in [2.24, 2.45) is 0 Å². The molecule has 0 amide bonds. The molecular weight excluding hydrogens is 187 g/mol. The van der Waals surface area contributed by atoms with Crippen molar-refractivity contribution in [3.05, 3.63) is 35.6 Å². The first-order valence-electron chi connectivity index (χ1n) is 6.03. The lowest BCUT2D eigenvalue weighted by atomic mass is 9.86. The maximum absolute atomic E-state index is 13.1. The Balaban J connectivity index is 2.06. The van der Waals surface area contributed by atoms with Crippen LogP contribution in [0.15, 0.2) is 18.2 Å². The van der Waals surface area contributed by atoms with Gasteiger partial charge in [0, 0.05) is 0 Å². The van der Waals surface area contributed by atoms with Crippen LogP contribution in [0.2, 0.25) is 0 Å². The van der Waals surface area contributed by atoms with Crippen molar-refractivity contribution in [1.82, 2.24) is 0 Å².